The first-order chi connectivity index (χ1) is 23.7. The molecule has 4 aromatic carbocycles. The number of amides is 1. The zero-order chi connectivity index (χ0) is 34.8. The Bertz CT molecular complexity index is 1740. The first-order valence-corrected chi connectivity index (χ1v) is 19.0. The van der Waals surface area contributed by atoms with E-state index in [0.29, 0.717) is 11.5 Å². The normalized spacial score (nSPS) is 20.1. The zero-order valence-electron chi connectivity index (χ0n) is 27.7. The average Bonchev–Trinajstić information content (AvgIpc) is 3.12. The van der Waals surface area contributed by atoms with E-state index in [1.54, 1.807) is 23.9 Å². The van der Waals surface area contributed by atoms with Gasteiger partial charge in [0.05, 0.1) is 30.3 Å². The number of aliphatic hydroxyl groups is 2. The molecule has 1 unspecified atom stereocenters. The summed E-state index contributed by atoms with van der Waals surface area (Å²) in [7, 11) is -3.95. The van der Waals surface area contributed by atoms with Gasteiger partial charge in [0, 0.05) is 29.5 Å². The number of aryl methyl sites for hydroxylation is 1. The van der Waals surface area contributed by atoms with Crippen LogP contribution in [-0.4, -0.2) is 54.8 Å². The van der Waals surface area contributed by atoms with Crippen molar-refractivity contribution in [3.63, 3.8) is 0 Å². The SMILES string of the molecule is Cc1ccc(S(=O)(=O)N[C@H](Cc2ccccc2)C(=O)NCc2ccc(C3O[C@H](CSCCO)[C@H](C)[C@H](c4ccc(CO)cc4)O3)cc2)cc1. The van der Waals surface area contributed by atoms with Crippen LogP contribution in [0.1, 0.15) is 52.7 Å². The molecule has 5 rings (SSSR count). The molecule has 1 aliphatic heterocycles. The molecule has 1 heterocycles. The van der Waals surface area contributed by atoms with Crippen molar-refractivity contribution in [3.8, 4) is 0 Å². The second-order valence-electron chi connectivity index (χ2n) is 12.3. The Labute approximate surface area is 293 Å². The zero-order valence-corrected chi connectivity index (χ0v) is 29.3. The van der Waals surface area contributed by atoms with Gasteiger partial charge in [-0.15, -0.1) is 0 Å². The molecule has 5 atom stereocenters. The van der Waals surface area contributed by atoms with Gasteiger partial charge >= 0.3 is 0 Å². The summed E-state index contributed by atoms with van der Waals surface area (Å²) >= 11 is 1.63. The molecule has 1 fully saturated rings. The summed E-state index contributed by atoms with van der Waals surface area (Å²) in [5.41, 5.74) is 5.24. The molecule has 0 radical (unpaired) electrons. The highest BCUT2D eigenvalue weighted by atomic mass is 32.2. The summed E-state index contributed by atoms with van der Waals surface area (Å²) < 4.78 is 42.0. The Kier molecular flexibility index (Phi) is 13.0. The Balaban J connectivity index is 1.27. The van der Waals surface area contributed by atoms with Crippen molar-refractivity contribution < 1.29 is 32.9 Å². The van der Waals surface area contributed by atoms with E-state index in [-0.39, 0.29) is 49.2 Å². The topological polar surface area (TPSA) is 134 Å². The highest BCUT2D eigenvalue weighted by Gasteiger charge is 2.38. The van der Waals surface area contributed by atoms with Gasteiger partial charge in [0.2, 0.25) is 15.9 Å². The fraction of sp³-hybridized carbons (Fsp3) is 0.342. The second kappa shape index (κ2) is 17.4. The molecule has 1 aliphatic rings. The Hall–Kier alpha value is -3.55. The predicted molar refractivity (Wildman–Crippen MR) is 191 cm³/mol. The Morgan fingerprint density at radius 1 is 0.837 bits per heavy atom. The molecule has 0 saturated carbocycles. The summed E-state index contributed by atoms with van der Waals surface area (Å²) in [4.78, 5) is 13.6. The third-order valence-corrected chi connectivity index (χ3v) is 11.1. The molecule has 11 heteroatoms. The van der Waals surface area contributed by atoms with Gasteiger partial charge in [-0.05, 0) is 47.7 Å². The van der Waals surface area contributed by atoms with Crippen molar-refractivity contribution in [1.82, 2.24) is 10.0 Å². The summed E-state index contributed by atoms with van der Waals surface area (Å²) in [5, 5.41) is 21.7. The highest BCUT2D eigenvalue weighted by Crippen LogP contribution is 2.42. The van der Waals surface area contributed by atoms with Crippen molar-refractivity contribution in [3.05, 3.63) is 137 Å². The van der Waals surface area contributed by atoms with Crippen LogP contribution in [0.25, 0.3) is 0 Å². The summed E-state index contributed by atoms with van der Waals surface area (Å²) in [6, 6.07) is 30.1. The second-order valence-corrected chi connectivity index (χ2v) is 15.1. The standard InChI is InChI=1S/C38H44N2O7S2/c1-26-8-18-33(19-9-26)49(44,45)40-34(22-28-6-4-3-5-7-28)37(43)39-23-29-10-16-32(17-11-29)38-46-35(25-48-21-20-41)27(2)36(47-38)31-14-12-30(24-42)13-15-31/h3-19,27,34-36,38,40-42H,20-25H2,1-2H3,(H,39,43)/t27-,34+,35+,36+,38?/m0/s1. The molecule has 0 spiro atoms. The van der Waals surface area contributed by atoms with Crippen LogP contribution in [0.15, 0.2) is 108 Å². The van der Waals surface area contributed by atoms with Crippen LogP contribution in [0.2, 0.25) is 0 Å². The molecule has 4 aromatic rings. The van der Waals surface area contributed by atoms with Crippen molar-refractivity contribution >= 4 is 27.7 Å². The molecule has 1 amide bonds. The van der Waals surface area contributed by atoms with Gasteiger partial charge in [0.25, 0.3) is 0 Å². The number of sulfonamides is 1. The van der Waals surface area contributed by atoms with E-state index in [0.717, 1.165) is 33.4 Å². The van der Waals surface area contributed by atoms with Crippen LogP contribution in [0.5, 0.6) is 0 Å². The van der Waals surface area contributed by atoms with Crippen LogP contribution < -0.4 is 10.0 Å². The van der Waals surface area contributed by atoms with Crippen LogP contribution in [0.4, 0.5) is 0 Å². The van der Waals surface area contributed by atoms with Gasteiger partial charge in [-0.2, -0.15) is 16.5 Å². The number of thioether (sulfide) groups is 1. The van der Waals surface area contributed by atoms with Gasteiger partial charge in [-0.1, -0.05) is 103 Å². The number of hydrogen-bond donors (Lipinski definition) is 4. The minimum atomic E-state index is -3.95. The Morgan fingerprint density at radius 3 is 2.14 bits per heavy atom. The molecule has 0 aliphatic carbocycles. The van der Waals surface area contributed by atoms with Gasteiger partial charge < -0.3 is 25.0 Å². The monoisotopic (exact) mass is 704 g/mol. The van der Waals surface area contributed by atoms with Crippen LogP contribution in [-0.2, 0) is 43.9 Å². The lowest BCUT2D eigenvalue weighted by Crippen LogP contribution is -2.47. The molecule has 49 heavy (non-hydrogen) atoms. The summed E-state index contributed by atoms with van der Waals surface area (Å²) in [5.74, 6) is 0.932. The number of carbonyl (C=O) groups is 1. The number of nitrogens with one attached hydrogen (secondary N) is 2. The van der Waals surface area contributed by atoms with Crippen molar-refractivity contribution in [1.29, 1.82) is 0 Å². The largest absolute Gasteiger partial charge is 0.396 e. The minimum Gasteiger partial charge on any atom is -0.396 e. The van der Waals surface area contributed by atoms with Crippen LogP contribution in [0, 0.1) is 12.8 Å². The van der Waals surface area contributed by atoms with Crippen molar-refractivity contribution in [2.24, 2.45) is 5.92 Å². The first kappa shape index (κ1) is 36.7. The molecule has 0 bridgehead atoms. The smallest absolute Gasteiger partial charge is 0.241 e. The summed E-state index contributed by atoms with van der Waals surface area (Å²) in [6.45, 7) is 4.24. The molecule has 9 nitrogen and oxygen atoms in total. The quantitative estimate of drug-likeness (QED) is 0.124. The summed E-state index contributed by atoms with van der Waals surface area (Å²) in [6.07, 6.45) is -0.807. The molecule has 1 saturated heterocycles. The first-order valence-electron chi connectivity index (χ1n) is 16.4. The maximum atomic E-state index is 13.5. The Morgan fingerprint density at radius 2 is 1.49 bits per heavy atom. The predicted octanol–water partition coefficient (Wildman–Crippen LogP) is 5.21. The molecule has 260 valence electrons. The van der Waals surface area contributed by atoms with Crippen LogP contribution in [0.3, 0.4) is 0 Å². The van der Waals surface area contributed by atoms with Gasteiger partial charge in [-0.3, -0.25) is 4.79 Å². The number of carbonyl (C=O) groups excluding carboxylic acids is 1. The van der Waals surface area contributed by atoms with E-state index >= 15 is 0 Å². The van der Waals surface area contributed by atoms with Gasteiger partial charge in [-0.25, -0.2) is 8.42 Å². The lowest BCUT2D eigenvalue weighted by Gasteiger charge is -2.41. The fourth-order valence-electron chi connectivity index (χ4n) is 5.69. The highest BCUT2D eigenvalue weighted by molar-refractivity contribution is 7.99. The number of benzene rings is 4. The van der Waals surface area contributed by atoms with Gasteiger partial charge in [0.15, 0.2) is 6.29 Å². The minimum absolute atomic E-state index is 0.0307. The molecular formula is C38H44N2O7S2. The van der Waals surface area contributed by atoms with E-state index in [1.165, 1.54) is 12.1 Å². The third kappa shape index (κ3) is 10.0. The number of hydrogen-bond acceptors (Lipinski definition) is 8. The maximum absolute atomic E-state index is 13.5. The lowest BCUT2D eigenvalue weighted by molar-refractivity contribution is -0.268. The molecule has 0 aromatic heterocycles. The van der Waals surface area contributed by atoms with Crippen LogP contribution >= 0.6 is 11.8 Å². The van der Waals surface area contributed by atoms with Gasteiger partial charge in [0.1, 0.15) is 6.04 Å². The number of aliphatic hydroxyl groups excluding tert-OH is 2. The third-order valence-electron chi connectivity index (χ3n) is 8.59. The van der Waals surface area contributed by atoms with E-state index in [1.807, 2.05) is 85.8 Å². The number of ether oxygens (including phenoxy) is 2. The van der Waals surface area contributed by atoms with E-state index < -0.39 is 28.3 Å². The fourth-order valence-corrected chi connectivity index (χ4v) is 7.79. The average molecular weight is 705 g/mol. The van der Waals surface area contributed by atoms with E-state index in [2.05, 4.69) is 17.0 Å². The lowest BCUT2D eigenvalue weighted by atomic mass is 9.91. The maximum Gasteiger partial charge on any atom is 0.241 e. The van der Waals surface area contributed by atoms with Crippen molar-refractivity contribution in [2.45, 2.75) is 62.9 Å². The molecular weight excluding hydrogens is 661 g/mol. The van der Waals surface area contributed by atoms with E-state index in [4.69, 9.17) is 9.47 Å². The number of rotatable bonds is 15. The van der Waals surface area contributed by atoms with E-state index in [9.17, 15) is 23.4 Å². The van der Waals surface area contributed by atoms with Crippen molar-refractivity contribution in [2.75, 3.05) is 18.1 Å². The molecule has 4 N–H and O–H groups in total.